The van der Waals surface area contributed by atoms with Crippen LogP contribution in [0.25, 0.3) is 11.2 Å². The molecule has 2 N–H and O–H groups in total. The van der Waals surface area contributed by atoms with Gasteiger partial charge in [0.2, 0.25) is 5.95 Å². The van der Waals surface area contributed by atoms with E-state index in [1.54, 1.807) is 0 Å². The van der Waals surface area contributed by atoms with Crippen LogP contribution in [0, 0.1) is 6.92 Å². The number of imidazole rings is 1. The van der Waals surface area contributed by atoms with E-state index in [-0.39, 0.29) is 0 Å². The van der Waals surface area contributed by atoms with Gasteiger partial charge in [0.05, 0.1) is 0 Å². The summed E-state index contributed by atoms with van der Waals surface area (Å²) in [5, 5.41) is 0. The maximum atomic E-state index is 5.92. The Morgan fingerprint density at radius 1 is 1.28 bits per heavy atom. The van der Waals surface area contributed by atoms with Gasteiger partial charge in [0.1, 0.15) is 5.52 Å². The summed E-state index contributed by atoms with van der Waals surface area (Å²) in [7, 11) is 0. The zero-order valence-corrected chi connectivity index (χ0v) is 11.0. The monoisotopic (exact) mass is 248 g/mol. The lowest BCUT2D eigenvalue weighted by molar-refractivity contribution is 0.129. The first kappa shape index (κ1) is 12.8. The number of rotatable bonds is 6. The SMILES string of the molecule is CCCOCCCn1c(N)nc2ccc(C)nc21. The van der Waals surface area contributed by atoms with E-state index in [9.17, 15) is 0 Å². The normalized spacial score (nSPS) is 11.2. The number of aryl methyl sites for hydroxylation is 2. The Morgan fingerprint density at radius 3 is 2.89 bits per heavy atom. The number of anilines is 1. The minimum Gasteiger partial charge on any atom is -0.381 e. The Kier molecular flexibility index (Phi) is 4.15. The second-order valence-corrected chi connectivity index (χ2v) is 4.38. The van der Waals surface area contributed by atoms with Crippen molar-refractivity contribution in [3.05, 3.63) is 17.8 Å². The summed E-state index contributed by atoms with van der Waals surface area (Å²) in [5.74, 6) is 0.526. The molecule has 0 aliphatic heterocycles. The van der Waals surface area contributed by atoms with Crippen LogP contribution in [0.3, 0.4) is 0 Å². The van der Waals surface area contributed by atoms with Crippen LogP contribution in [0.2, 0.25) is 0 Å². The van der Waals surface area contributed by atoms with Crippen LogP contribution in [-0.4, -0.2) is 27.7 Å². The van der Waals surface area contributed by atoms with Crippen molar-refractivity contribution >= 4 is 17.1 Å². The van der Waals surface area contributed by atoms with Crippen LogP contribution in [0.15, 0.2) is 12.1 Å². The van der Waals surface area contributed by atoms with Crippen molar-refractivity contribution in [1.29, 1.82) is 0 Å². The molecule has 98 valence electrons. The highest BCUT2D eigenvalue weighted by atomic mass is 16.5. The summed E-state index contributed by atoms with van der Waals surface area (Å²) in [6.45, 7) is 6.43. The molecule has 0 saturated heterocycles. The zero-order valence-electron chi connectivity index (χ0n) is 11.0. The Labute approximate surface area is 107 Å². The minimum atomic E-state index is 0.526. The number of pyridine rings is 1. The van der Waals surface area contributed by atoms with Gasteiger partial charge in [-0.1, -0.05) is 6.92 Å². The van der Waals surface area contributed by atoms with Crippen LogP contribution in [0.5, 0.6) is 0 Å². The predicted molar refractivity (Wildman–Crippen MR) is 72.4 cm³/mol. The molecule has 2 rings (SSSR count). The van der Waals surface area contributed by atoms with Gasteiger partial charge in [0.15, 0.2) is 5.65 Å². The first-order valence-electron chi connectivity index (χ1n) is 6.39. The standard InChI is InChI=1S/C13H20N4O/c1-3-8-18-9-4-7-17-12-11(16-13(17)14)6-5-10(2)15-12/h5-6H,3-4,7-9H2,1-2H3,(H2,14,16). The molecule has 0 radical (unpaired) electrons. The Hall–Kier alpha value is -1.62. The summed E-state index contributed by atoms with van der Waals surface area (Å²) in [4.78, 5) is 8.80. The van der Waals surface area contributed by atoms with E-state index in [4.69, 9.17) is 10.5 Å². The average Bonchev–Trinajstić information content (AvgIpc) is 2.65. The third kappa shape index (κ3) is 2.79. The summed E-state index contributed by atoms with van der Waals surface area (Å²) >= 11 is 0. The van der Waals surface area contributed by atoms with Crippen molar-refractivity contribution in [3.63, 3.8) is 0 Å². The second kappa shape index (κ2) is 5.82. The Morgan fingerprint density at radius 2 is 2.11 bits per heavy atom. The number of aromatic nitrogens is 3. The van der Waals surface area contributed by atoms with E-state index < -0.39 is 0 Å². The van der Waals surface area contributed by atoms with Gasteiger partial charge in [-0.05, 0) is 31.9 Å². The first-order chi connectivity index (χ1) is 8.72. The van der Waals surface area contributed by atoms with Crippen LogP contribution < -0.4 is 5.73 Å². The Bertz CT molecular complexity index is 521. The van der Waals surface area contributed by atoms with Crippen LogP contribution >= 0.6 is 0 Å². The second-order valence-electron chi connectivity index (χ2n) is 4.38. The van der Waals surface area contributed by atoms with Gasteiger partial charge in [-0.25, -0.2) is 9.97 Å². The van der Waals surface area contributed by atoms with Crippen molar-refractivity contribution in [1.82, 2.24) is 14.5 Å². The van der Waals surface area contributed by atoms with E-state index in [2.05, 4.69) is 16.9 Å². The molecule has 0 saturated carbocycles. The summed E-state index contributed by atoms with van der Waals surface area (Å²) in [6.07, 6.45) is 1.97. The Balaban J connectivity index is 2.07. The first-order valence-corrected chi connectivity index (χ1v) is 6.39. The molecule has 0 spiro atoms. The van der Waals surface area contributed by atoms with Gasteiger partial charge >= 0.3 is 0 Å². The van der Waals surface area contributed by atoms with Crippen LogP contribution in [0.4, 0.5) is 5.95 Å². The van der Waals surface area contributed by atoms with Crippen LogP contribution in [0.1, 0.15) is 25.5 Å². The molecule has 2 aromatic heterocycles. The van der Waals surface area contributed by atoms with E-state index in [0.29, 0.717) is 5.95 Å². The maximum Gasteiger partial charge on any atom is 0.202 e. The van der Waals surface area contributed by atoms with Gasteiger partial charge in [-0.3, -0.25) is 4.57 Å². The van der Waals surface area contributed by atoms with Gasteiger partial charge < -0.3 is 10.5 Å². The lowest BCUT2D eigenvalue weighted by atomic mass is 10.3. The lowest BCUT2D eigenvalue weighted by Crippen LogP contribution is -2.07. The number of hydrogen-bond donors (Lipinski definition) is 1. The fraction of sp³-hybridized carbons (Fsp3) is 0.538. The molecule has 0 bridgehead atoms. The molecule has 0 unspecified atom stereocenters. The molecule has 2 heterocycles. The fourth-order valence-electron chi connectivity index (χ4n) is 1.91. The molecule has 0 aliphatic rings. The predicted octanol–water partition coefficient (Wildman–Crippen LogP) is 2.14. The minimum absolute atomic E-state index is 0.526. The smallest absolute Gasteiger partial charge is 0.202 e. The molecule has 0 amide bonds. The molecule has 0 atom stereocenters. The fourth-order valence-corrected chi connectivity index (χ4v) is 1.91. The molecular weight excluding hydrogens is 228 g/mol. The molecule has 0 fully saturated rings. The van der Waals surface area contributed by atoms with Gasteiger partial charge in [-0.2, -0.15) is 0 Å². The summed E-state index contributed by atoms with van der Waals surface area (Å²) < 4.78 is 7.42. The van der Waals surface area contributed by atoms with Crippen LogP contribution in [-0.2, 0) is 11.3 Å². The topological polar surface area (TPSA) is 66.0 Å². The zero-order chi connectivity index (χ0) is 13.0. The average molecular weight is 248 g/mol. The quantitative estimate of drug-likeness (QED) is 0.795. The highest BCUT2D eigenvalue weighted by molar-refractivity contribution is 5.74. The van der Waals surface area contributed by atoms with E-state index in [1.807, 2.05) is 23.6 Å². The number of nitrogens with two attached hydrogens (primary N) is 1. The van der Waals surface area contributed by atoms with Gasteiger partial charge in [0, 0.05) is 25.5 Å². The maximum absolute atomic E-state index is 5.92. The molecule has 5 heteroatoms. The van der Waals surface area contributed by atoms with Crippen molar-refractivity contribution < 1.29 is 4.74 Å². The van der Waals surface area contributed by atoms with Crippen molar-refractivity contribution in [2.75, 3.05) is 18.9 Å². The summed E-state index contributed by atoms with van der Waals surface area (Å²) in [6, 6.07) is 3.90. The third-order valence-corrected chi connectivity index (χ3v) is 2.78. The van der Waals surface area contributed by atoms with E-state index >= 15 is 0 Å². The highest BCUT2D eigenvalue weighted by Gasteiger charge is 2.08. The lowest BCUT2D eigenvalue weighted by Gasteiger charge is -2.06. The number of fused-ring (bicyclic) bond motifs is 1. The number of ether oxygens (including phenoxy) is 1. The number of nitrogen functional groups attached to an aromatic ring is 1. The number of nitrogens with zero attached hydrogens (tertiary/aromatic N) is 3. The van der Waals surface area contributed by atoms with Gasteiger partial charge in [-0.15, -0.1) is 0 Å². The van der Waals surface area contributed by atoms with Gasteiger partial charge in [0.25, 0.3) is 0 Å². The molecule has 2 aromatic rings. The van der Waals surface area contributed by atoms with Crippen molar-refractivity contribution in [3.8, 4) is 0 Å². The molecule has 18 heavy (non-hydrogen) atoms. The molecule has 0 aromatic carbocycles. The largest absolute Gasteiger partial charge is 0.381 e. The molecular formula is C13H20N4O. The van der Waals surface area contributed by atoms with E-state index in [0.717, 1.165) is 49.5 Å². The highest BCUT2D eigenvalue weighted by Crippen LogP contribution is 2.16. The van der Waals surface area contributed by atoms with Crippen molar-refractivity contribution in [2.45, 2.75) is 33.2 Å². The molecule has 0 aliphatic carbocycles. The van der Waals surface area contributed by atoms with E-state index in [1.165, 1.54) is 0 Å². The number of hydrogen-bond acceptors (Lipinski definition) is 4. The third-order valence-electron chi connectivity index (χ3n) is 2.78. The van der Waals surface area contributed by atoms with Crippen molar-refractivity contribution in [2.24, 2.45) is 0 Å². The molecule has 5 nitrogen and oxygen atoms in total. The summed E-state index contributed by atoms with van der Waals surface area (Å²) in [5.41, 5.74) is 8.61.